The zero-order valence-electron chi connectivity index (χ0n) is 11.4. The van der Waals surface area contributed by atoms with Gasteiger partial charge in [-0.15, -0.1) is 11.3 Å². The van der Waals surface area contributed by atoms with E-state index in [-0.39, 0.29) is 11.9 Å². The van der Waals surface area contributed by atoms with E-state index in [1.54, 1.807) is 17.4 Å². The SMILES string of the molecule is CCCNC(Cc1ccccc1F)c1sccc1C. The van der Waals surface area contributed by atoms with E-state index >= 15 is 0 Å². The average molecular weight is 277 g/mol. The number of aryl methyl sites for hydroxylation is 1. The lowest BCUT2D eigenvalue weighted by Crippen LogP contribution is -2.24. The molecule has 0 radical (unpaired) electrons. The Bertz CT molecular complexity index is 521. The molecule has 1 N–H and O–H groups in total. The third-order valence-electron chi connectivity index (χ3n) is 3.24. The zero-order chi connectivity index (χ0) is 13.7. The fourth-order valence-corrected chi connectivity index (χ4v) is 3.21. The molecule has 1 unspecified atom stereocenters. The first-order valence-corrected chi connectivity index (χ1v) is 7.61. The van der Waals surface area contributed by atoms with Crippen molar-refractivity contribution in [2.75, 3.05) is 6.54 Å². The summed E-state index contributed by atoms with van der Waals surface area (Å²) >= 11 is 1.75. The van der Waals surface area contributed by atoms with Crippen LogP contribution in [-0.4, -0.2) is 6.54 Å². The number of hydrogen-bond donors (Lipinski definition) is 1. The van der Waals surface area contributed by atoms with Gasteiger partial charge in [-0.2, -0.15) is 0 Å². The second-order valence-electron chi connectivity index (χ2n) is 4.77. The molecule has 0 bridgehead atoms. The highest BCUT2D eigenvalue weighted by atomic mass is 32.1. The van der Waals surface area contributed by atoms with Gasteiger partial charge in [0.2, 0.25) is 0 Å². The monoisotopic (exact) mass is 277 g/mol. The van der Waals surface area contributed by atoms with Crippen LogP contribution in [0.5, 0.6) is 0 Å². The van der Waals surface area contributed by atoms with Crippen LogP contribution in [0, 0.1) is 12.7 Å². The Morgan fingerprint density at radius 3 is 2.68 bits per heavy atom. The summed E-state index contributed by atoms with van der Waals surface area (Å²) in [7, 11) is 0. The number of benzene rings is 1. The highest BCUT2D eigenvalue weighted by molar-refractivity contribution is 7.10. The van der Waals surface area contributed by atoms with Gasteiger partial charge < -0.3 is 5.32 Å². The van der Waals surface area contributed by atoms with Gasteiger partial charge in [0.25, 0.3) is 0 Å². The van der Waals surface area contributed by atoms with Gasteiger partial charge in [0.1, 0.15) is 5.82 Å². The molecule has 3 heteroatoms. The quantitative estimate of drug-likeness (QED) is 0.821. The minimum Gasteiger partial charge on any atom is -0.309 e. The van der Waals surface area contributed by atoms with E-state index in [0.717, 1.165) is 18.5 Å². The third-order valence-corrected chi connectivity index (χ3v) is 4.37. The second-order valence-corrected chi connectivity index (χ2v) is 5.72. The van der Waals surface area contributed by atoms with Crippen LogP contribution in [0.4, 0.5) is 4.39 Å². The van der Waals surface area contributed by atoms with E-state index in [9.17, 15) is 4.39 Å². The van der Waals surface area contributed by atoms with Crippen LogP contribution in [0.3, 0.4) is 0 Å². The van der Waals surface area contributed by atoms with Crippen molar-refractivity contribution in [3.63, 3.8) is 0 Å². The summed E-state index contributed by atoms with van der Waals surface area (Å²) in [6.45, 7) is 5.22. The van der Waals surface area contributed by atoms with E-state index in [2.05, 4.69) is 30.6 Å². The Kier molecular flexibility index (Phi) is 5.11. The van der Waals surface area contributed by atoms with Gasteiger partial charge in [0, 0.05) is 10.9 Å². The smallest absolute Gasteiger partial charge is 0.126 e. The van der Waals surface area contributed by atoms with Crippen molar-refractivity contribution >= 4 is 11.3 Å². The summed E-state index contributed by atoms with van der Waals surface area (Å²) in [4.78, 5) is 1.32. The summed E-state index contributed by atoms with van der Waals surface area (Å²) in [5, 5.41) is 5.64. The van der Waals surface area contributed by atoms with Crippen LogP contribution in [0.2, 0.25) is 0 Å². The number of hydrogen-bond acceptors (Lipinski definition) is 2. The van der Waals surface area contributed by atoms with Gasteiger partial charge >= 0.3 is 0 Å². The average Bonchev–Trinajstić information content (AvgIpc) is 2.83. The Balaban J connectivity index is 2.19. The molecule has 0 saturated carbocycles. The molecule has 1 atom stereocenters. The van der Waals surface area contributed by atoms with E-state index < -0.39 is 0 Å². The van der Waals surface area contributed by atoms with E-state index in [0.29, 0.717) is 6.42 Å². The molecule has 19 heavy (non-hydrogen) atoms. The summed E-state index contributed by atoms with van der Waals surface area (Å²) in [5.41, 5.74) is 2.07. The number of rotatable bonds is 6. The molecular weight excluding hydrogens is 257 g/mol. The Labute approximate surface area is 118 Å². The fourth-order valence-electron chi connectivity index (χ4n) is 2.20. The Hall–Kier alpha value is -1.19. The van der Waals surface area contributed by atoms with E-state index in [1.807, 2.05) is 12.1 Å². The lowest BCUT2D eigenvalue weighted by Gasteiger charge is -2.19. The molecule has 0 spiro atoms. The van der Waals surface area contributed by atoms with Gasteiger partial charge in [-0.25, -0.2) is 4.39 Å². The topological polar surface area (TPSA) is 12.0 Å². The number of halogens is 1. The van der Waals surface area contributed by atoms with Gasteiger partial charge in [-0.1, -0.05) is 25.1 Å². The highest BCUT2D eigenvalue weighted by Gasteiger charge is 2.16. The largest absolute Gasteiger partial charge is 0.309 e. The lowest BCUT2D eigenvalue weighted by molar-refractivity contribution is 0.517. The first kappa shape index (κ1) is 14.2. The first-order chi connectivity index (χ1) is 9.22. The van der Waals surface area contributed by atoms with Crippen molar-refractivity contribution < 1.29 is 4.39 Å². The van der Waals surface area contributed by atoms with Crippen LogP contribution < -0.4 is 5.32 Å². The minimum atomic E-state index is -0.111. The third kappa shape index (κ3) is 3.64. The molecule has 2 rings (SSSR count). The van der Waals surface area contributed by atoms with Gasteiger partial charge in [-0.05, 0) is 54.9 Å². The molecule has 1 aromatic carbocycles. The van der Waals surface area contributed by atoms with Gasteiger partial charge in [0.15, 0.2) is 0 Å². The zero-order valence-corrected chi connectivity index (χ0v) is 12.3. The van der Waals surface area contributed by atoms with Crippen molar-refractivity contribution in [1.29, 1.82) is 0 Å². The molecule has 1 aromatic heterocycles. The maximum absolute atomic E-state index is 13.8. The molecule has 0 amide bonds. The Morgan fingerprint density at radius 2 is 2.05 bits per heavy atom. The van der Waals surface area contributed by atoms with Crippen LogP contribution in [-0.2, 0) is 6.42 Å². The van der Waals surface area contributed by atoms with Crippen molar-refractivity contribution in [2.45, 2.75) is 32.7 Å². The van der Waals surface area contributed by atoms with Crippen LogP contribution in [0.25, 0.3) is 0 Å². The van der Waals surface area contributed by atoms with Gasteiger partial charge in [0.05, 0.1) is 0 Å². The molecule has 0 aliphatic heterocycles. The Morgan fingerprint density at radius 1 is 1.26 bits per heavy atom. The molecule has 2 aromatic rings. The molecule has 1 nitrogen and oxygen atoms in total. The molecule has 0 saturated heterocycles. The molecular formula is C16H20FNS. The predicted octanol–water partition coefficient (Wildman–Crippen LogP) is 4.48. The maximum Gasteiger partial charge on any atom is 0.126 e. The lowest BCUT2D eigenvalue weighted by atomic mass is 10.0. The van der Waals surface area contributed by atoms with Crippen LogP contribution in [0.15, 0.2) is 35.7 Å². The maximum atomic E-state index is 13.8. The molecule has 0 fully saturated rings. The van der Waals surface area contributed by atoms with Crippen molar-refractivity contribution in [2.24, 2.45) is 0 Å². The fraction of sp³-hybridized carbons (Fsp3) is 0.375. The van der Waals surface area contributed by atoms with E-state index in [4.69, 9.17) is 0 Å². The van der Waals surface area contributed by atoms with Crippen molar-refractivity contribution in [3.8, 4) is 0 Å². The van der Waals surface area contributed by atoms with E-state index in [1.165, 1.54) is 16.5 Å². The molecule has 0 aliphatic carbocycles. The summed E-state index contributed by atoms with van der Waals surface area (Å²) in [5.74, 6) is -0.111. The van der Waals surface area contributed by atoms with Crippen molar-refractivity contribution in [1.82, 2.24) is 5.32 Å². The normalized spacial score (nSPS) is 12.6. The summed E-state index contributed by atoms with van der Waals surface area (Å²) in [6.07, 6.45) is 1.78. The van der Waals surface area contributed by atoms with Crippen LogP contribution in [0.1, 0.15) is 35.4 Å². The van der Waals surface area contributed by atoms with Gasteiger partial charge in [-0.3, -0.25) is 0 Å². The minimum absolute atomic E-state index is 0.111. The molecule has 0 aliphatic rings. The predicted molar refractivity (Wildman–Crippen MR) is 80.2 cm³/mol. The first-order valence-electron chi connectivity index (χ1n) is 6.73. The second kappa shape index (κ2) is 6.83. The molecule has 102 valence electrons. The highest BCUT2D eigenvalue weighted by Crippen LogP contribution is 2.27. The standard InChI is InChI=1S/C16H20FNS/c1-3-9-18-15(16-12(2)8-10-19-16)11-13-6-4-5-7-14(13)17/h4-8,10,15,18H,3,9,11H2,1-2H3. The summed E-state index contributed by atoms with van der Waals surface area (Å²) in [6, 6.07) is 9.38. The molecule has 1 heterocycles. The van der Waals surface area contributed by atoms with Crippen LogP contribution >= 0.6 is 11.3 Å². The summed E-state index contributed by atoms with van der Waals surface area (Å²) < 4.78 is 13.8. The van der Waals surface area contributed by atoms with Crippen molar-refractivity contribution in [3.05, 3.63) is 57.5 Å². The number of thiophene rings is 1. The number of nitrogens with one attached hydrogen (secondary N) is 1.